The van der Waals surface area contributed by atoms with E-state index in [4.69, 9.17) is 17.3 Å². The summed E-state index contributed by atoms with van der Waals surface area (Å²) in [5.74, 6) is 1.97. The second-order valence-corrected chi connectivity index (χ2v) is 3.60. The topological polar surface area (TPSA) is 69.6 Å². The lowest BCUT2D eigenvalue weighted by molar-refractivity contribution is 0.804. The van der Waals surface area contributed by atoms with E-state index >= 15 is 0 Å². The van der Waals surface area contributed by atoms with Gasteiger partial charge in [0.25, 0.3) is 0 Å². The molecule has 0 amide bonds. The number of aromatic nitrogens is 4. The highest BCUT2D eigenvalue weighted by Gasteiger charge is 2.10. The zero-order valence-electron chi connectivity index (χ0n) is 8.40. The summed E-state index contributed by atoms with van der Waals surface area (Å²) in [6.07, 6.45) is 1.54. The summed E-state index contributed by atoms with van der Waals surface area (Å²) in [6.45, 7) is 3.66. The fraction of sp³-hybridized carbons (Fsp3) is 0.222. The monoisotopic (exact) mass is 223 g/mol. The number of aryl methyl sites for hydroxylation is 2. The SMILES string of the molecule is Cc1nc(C)n(-c2ncc(N)cc2Cl)n1. The van der Waals surface area contributed by atoms with Crippen molar-refractivity contribution in [1.29, 1.82) is 0 Å². The van der Waals surface area contributed by atoms with Gasteiger partial charge >= 0.3 is 0 Å². The van der Waals surface area contributed by atoms with Crippen molar-refractivity contribution in [2.24, 2.45) is 0 Å². The molecule has 2 N–H and O–H groups in total. The van der Waals surface area contributed by atoms with Gasteiger partial charge in [-0.15, -0.1) is 5.10 Å². The molecule has 2 rings (SSSR count). The van der Waals surface area contributed by atoms with Gasteiger partial charge in [-0.1, -0.05) is 11.6 Å². The second kappa shape index (κ2) is 3.51. The van der Waals surface area contributed by atoms with Crippen LogP contribution in [-0.2, 0) is 0 Å². The Labute approximate surface area is 91.9 Å². The maximum atomic E-state index is 6.01. The van der Waals surface area contributed by atoms with Crippen molar-refractivity contribution in [2.45, 2.75) is 13.8 Å². The molecule has 0 saturated carbocycles. The van der Waals surface area contributed by atoms with Crippen LogP contribution in [0.4, 0.5) is 5.69 Å². The standard InChI is InChI=1S/C9H10ClN5/c1-5-13-6(2)15(14-5)9-8(10)3-7(11)4-12-9/h3-4H,11H2,1-2H3. The number of anilines is 1. The molecule has 15 heavy (non-hydrogen) atoms. The zero-order valence-corrected chi connectivity index (χ0v) is 9.15. The summed E-state index contributed by atoms with van der Waals surface area (Å²) < 4.78 is 1.59. The molecule has 0 aliphatic carbocycles. The maximum Gasteiger partial charge on any atom is 0.174 e. The first-order valence-corrected chi connectivity index (χ1v) is 4.77. The van der Waals surface area contributed by atoms with Gasteiger partial charge in [0, 0.05) is 0 Å². The summed E-state index contributed by atoms with van der Waals surface area (Å²) in [5, 5.41) is 4.65. The van der Waals surface area contributed by atoms with Gasteiger partial charge in [-0.05, 0) is 19.9 Å². The van der Waals surface area contributed by atoms with Gasteiger partial charge < -0.3 is 5.73 Å². The van der Waals surface area contributed by atoms with Crippen molar-refractivity contribution < 1.29 is 0 Å². The summed E-state index contributed by atoms with van der Waals surface area (Å²) in [7, 11) is 0. The molecule has 2 aromatic rings. The van der Waals surface area contributed by atoms with Gasteiger partial charge in [0.05, 0.1) is 16.9 Å². The molecule has 0 spiro atoms. The Hall–Kier alpha value is -1.62. The van der Waals surface area contributed by atoms with Gasteiger partial charge in [-0.3, -0.25) is 0 Å². The van der Waals surface area contributed by atoms with E-state index in [2.05, 4.69) is 15.1 Å². The maximum absolute atomic E-state index is 6.01. The quantitative estimate of drug-likeness (QED) is 0.796. The smallest absolute Gasteiger partial charge is 0.174 e. The van der Waals surface area contributed by atoms with Crippen molar-refractivity contribution in [3.8, 4) is 5.82 Å². The van der Waals surface area contributed by atoms with E-state index in [9.17, 15) is 0 Å². The first-order chi connectivity index (χ1) is 7.08. The Morgan fingerprint density at radius 1 is 1.40 bits per heavy atom. The molecule has 0 fully saturated rings. The Bertz CT molecular complexity index is 505. The molecule has 78 valence electrons. The largest absolute Gasteiger partial charge is 0.397 e. The van der Waals surface area contributed by atoms with Crippen LogP contribution < -0.4 is 5.73 Å². The number of hydrogen-bond acceptors (Lipinski definition) is 4. The Kier molecular flexibility index (Phi) is 2.32. The molecule has 0 aromatic carbocycles. The second-order valence-electron chi connectivity index (χ2n) is 3.19. The molecular weight excluding hydrogens is 214 g/mol. The van der Waals surface area contributed by atoms with E-state index in [0.717, 1.165) is 5.82 Å². The molecule has 0 aliphatic rings. The summed E-state index contributed by atoms with van der Waals surface area (Å²) >= 11 is 6.01. The lowest BCUT2D eigenvalue weighted by Gasteiger charge is -2.04. The highest BCUT2D eigenvalue weighted by atomic mass is 35.5. The molecule has 6 heteroatoms. The fourth-order valence-electron chi connectivity index (χ4n) is 1.32. The molecule has 0 radical (unpaired) electrons. The third-order valence-corrected chi connectivity index (χ3v) is 2.20. The number of rotatable bonds is 1. The Balaban J connectivity index is 2.59. The highest BCUT2D eigenvalue weighted by Crippen LogP contribution is 2.20. The Morgan fingerprint density at radius 2 is 2.13 bits per heavy atom. The minimum absolute atomic E-state index is 0.461. The minimum atomic E-state index is 0.461. The number of hydrogen-bond donors (Lipinski definition) is 1. The fourth-order valence-corrected chi connectivity index (χ4v) is 1.58. The third kappa shape index (κ3) is 1.78. The number of pyridine rings is 1. The first-order valence-electron chi connectivity index (χ1n) is 4.39. The predicted molar refractivity (Wildman–Crippen MR) is 58.1 cm³/mol. The van der Waals surface area contributed by atoms with Gasteiger partial charge in [0.15, 0.2) is 5.82 Å². The third-order valence-electron chi connectivity index (χ3n) is 1.92. The number of nitrogens with two attached hydrogens (primary N) is 1. The molecule has 0 aliphatic heterocycles. The van der Waals surface area contributed by atoms with E-state index in [1.807, 2.05) is 13.8 Å². The van der Waals surface area contributed by atoms with E-state index in [1.54, 1.807) is 10.7 Å². The van der Waals surface area contributed by atoms with Crippen LogP contribution in [0.5, 0.6) is 0 Å². The number of halogens is 1. The van der Waals surface area contributed by atoms with Crippen LogP contribution in [0.1, 0.15) is 11.6 Å². The molecular formula is C9H10ClN5. The lowest BCUT2D eigenvalue weighted by Crippen LogP contribution is -2.03. The van der Waals surface area contributed by atoms with Crippen molar-refractivity contribution in [3.05, 3.63) is 28.9 Å². The van der Waals surface area contributed by atoms with E-state index in [-0.39, 0.29) is 0 Å². The molecule has 5 nitrogen and oxygen atoms in total. The number of nitrogens with zero attached hydrogens (tertiary/aromatic N) is 4. The normalized spacial score (nSPS) is 10.6. The van der Waals surface area contributed by atoms with Crippen LogP contribution in [0.25, 0.3) is 5.82 Å². The Morgan fingerprint density at radius 3 is 2.67 bits per heavy atom. The molecule has 2 heterocycles. The van der Waals surface area contributed by atoms with Crippen LogP contribution in [-0.4, -0.2) is 19.7 Å². The zero-order chi connectivity index (χ0) is 11.0. The van der Waals surface area contributed by atoms with Crippen molar-refractivity contribution in [2.75, 3.05) is 5.73 Å². The van der Waals surface area contributed by atoms with Crippen molar-refractivity contribution >= 4 is 17.3 Å². The average molecular weight is 224 g/mol. The van der Waals surface area contributed by atoms with Gasteiger partial charge in [0.1, 0.15) is 11.6 Å². The van der Waals surface area contributed by atoms with E-state index in [1.165, 1.54) is 6.20 Å². The summed E-state index contributed by atoms with van der Waals surface area (Å²) in [6, 6.07) is 1.64. The van der Waals surface area contributed by atoms with Gasteiger partial charge in [-0.25, -0.2) is 9.97 Å². The van der Waals surface area contributed by atoms with Crippen LogP contribution in [0, 0.1) is 13.8 Å². The van der Waals surface area contributed by atoms with Crippen molar-refractivity contribution in [1.82, 2.24) is 19.7 Å². The highest BCUT2D eigenvalue weighted by molar-refractivity contribution is 6.32. The van der Waals surface area contributed by atoms with E-state index < -0.39 is 0 Å². The predicted octanol–water partition coefficient (Wildman–Crippen LogP) is 1.51. The average Bonchev–Trinajstić information content (AvgIpc) is 2.45. The van der Waals surface area contributed by atoms with Crippen molar-refractivity contribution in [3.63, 3.8) is 0 Å². The van der Waals surface area contributed by atoms with Crippen LogP contribution in [0.2, 0.25) is 5.02 Å². The summed E-state index contributed by atoms with van der Waals surface area (Å²) in [4.78, 5) is 8.30. The molecule has 0 saturated heterocycles. The van der Waals surface area contributed by atoms with Gasteiger partial charge in [-0.2, -0.15) is 4.68 Å². The molecule has 0 atom stereocenters. The number of nitrogen functional groups attached to an aromatic ring is 1. The minimum Gasteiger partial charge on any atom is -0.397 e. The lowest BCUT2D eigenvalue weighted by atomic mass is 10.4. The molecule has 2 aromatic heterocycles. The van der Waals surface area contributed by atoms with Crippen LogP contribution in [0.15, 0.2) is 12.3 Å². The first kappa shape index (κ1) is 9.92. The summed E-state index contributed by atoms with van der Waals surface area (Å²) in [5.41, 5.74) is 6.08. The molecule has 0 bridgehead atoms. The van der Waals surface area contributed by atoms with Crippen LogP contribution in [0.3, 0.4) is 0 Å². The van der Waals surface area contributed by atoms with Gasteiger partial charge in [0.2, 0.25) is 0 Å². The van der Waals surface area contributed by atoms with E-state index in [0.29, 0.717) is 22.4 Å². The molecule has 0 unspecified atom stereocenters. The van der Waals surface area contributed by atoms with Crippen LogP contribution >= 0.6 is 11.6 Å².